The predicted octanol–water partition coefficient (Wildman–Crippen LogP) is 0.388. The maximum absolute atomic E-state index is 11.7. The topological polar surface area (TPSA) is 69.8 Å². The molecule has 0 bridgehead atoms. The third-order valence-corrected chi connectivity index (χ3v) is 3.20. The van der Waals surface area contributed by atoms with Gasteiger partial charge in [-0.3, -0.25) is 4.79 Å². The van der Waals surface area contributed by atoms with Crippen LogP contribution in [-0.4, -0.2) is 48.1 Å². The standard InChI is InChI=1S/C13H19N3O2/c1-10(14)13(18)16-8-6-15(7-9-16)11-2-4-12(17)5-3-11/h2-5,10,17H,6-9,14H2,1H3. The van der Waals surface area contributed by atoms with Crippen molar-refractivity contribution in [1.82, 2.24) is 4.90 Å². The van der Waals surface area contributed by atoms with Crippen LogP contribution in [0.2, 0.25) is 0 Å². The minimum Gasteiger partial charge on any atom is -0.508 e. The highest BCUT2D eigenvalue weighted by Gasteiger charge is 2.23. The fraction of sp³-hybridized carbons (Fsp3) is 0.462. The van der Waals surface area contributed by atoms with Crippen molar-refractivity contribution in [3.05, 3.63) is 24.3 Å². The summed E-state index contributed by atoms with van der Waals surface area (Å²) in [5, 5.41) is 9.25. The number of phenols is 1. The third-order valence-electron chi connectivity index (χ3n) is 3.20. The molecule has 1 saturated heterocycles. The molecule has 98 valence electrons. The number of rotatable bonds is 2. The Morgan fingerprint density at radius 2 is 1.78 bits per heavy atom. The first kappa shape index (κ1) is 12.7. The summed E-state index contributed by atoms with van der Waals surface area (Å²) in [7, 11) is 0. The van der Waals surface area contributed by atoms with Gasteiger partial charge in [-0.2, -0.15) is 0 Å². The van der Waals surface area contributed by atoms with E-state index in [1.807, 2.05) is 17.0 Å². The van der Waals surface area contributed by atoms with Gasteiger partial charge < -0.3 is 20.6 Å². The quantitative estimate of drug-likeness (QED) is 0.795. The summed E-state index contributed by atoms with van der Waals surface area (Å²) < 4.78 is 0. The van der Waals surface area contributed by atoms with Crippen molar-refractivity contribution in [2.24, 2.45) is 5.73 Å². The lowest BCUT2D eigenvalue weighted by Gasteiger charge is -2.36. The number of hydrogen-bond acceptors (Lipinski definition) is 4. The lowest BCUT2D eigenvalue weighted by molar-refractivity contribution is -0.132. The lowest BCUT2D eigenvalue weighted by atomic mass is 10.2. The molecule has 5 heteroatoms. The molecule has 1 heterocycles. The number of anilines is 1. The molecule has 18 heavy (non-hydrogen) atoms. The van der Waals surface area contributed by atoms with Gasteiger partial charge in [-0.1, -0.05) is 0 Å². The van der Waals surface area contributed by atoms with Crippen LogP contribution in [0.25, 0.3) is 0 Å². The number of nitrogens with two attached hydrogens (primary N) is 1. The van der Waals surface area contributed by atoms with Gasteiger partial charge in [-0.15, -0.1) is 0 Å². The number of phenolic OH excluding ortho intramolecular Hbond substituents is 1. The van der Waals surface area contributed by atoms with E-state index in [0.717, 1.165) is 18.8 Å². The molecule has 1 aromatic carbocycles. The van der Waals surface area contributed by atoms with E-state index in [1.54, 1.807) is 19.1 Å². The van der Waals surface area contributed by atoms with Gasteiger partial charge in [0.05, 0.1) is 6.04 Å². The average Bonchev–Trinajstić information content (AvgIpc) is 2.39. The van der Waals surface area contributed by atoms with Crippen LogP contribution in [0.5, 0.6) is 5.75 Å². The van der Waals surface area contributed by atoms with Crippen molar-refractivity contribution in [2.75, 3.05) is 31.1 Å². The number of benzene rings is 1. The Hall–Kier alpha value is -1.75. The maximum Gasteiger partial charge on any atom is 0.239 e. The molecule has 1 aliphatic heterocycles. The van der Waals surface area contributed by atoms with Crippen LogP contribution >= 0.6 is 0 Å². The van der Waals surface area contributed by atoms with Crippen LogP contribution in [-0.2, 0) is 4.79 Å². The zero-order chi connectivity index (χ0) is 13.1. The highest BCUT2D eigenvalue weighted by atomic mass is 16.3. The largest absolute Gasteiger partial charge is 0.508 e. The molecule has 3 N–H and O–H groups in total. The first-order valence-corrected chi connectivity index (χ1v) is 6.16. The summed E-state index contributed by atoms with van der Waals surface area (Å²) >= 11 is 0. The normalized spacial score (nSPS) is 17.7. The van der Waals surface area contributed by atoms with Crippen molar-refractivity contribution < 1.29 is 9.90 Å². The second kappa shape index (κ2) is 5.27. The molecule has 0 saturated carbocycles. The zero-order valence-electron chi connectivity index (χ0n) is 10.5. The zero-order valence-corrected chi connectivity index (χ0v) is 10.5. The fourth-order valence-electron chi connectivity index (χ4n) is 2.14. The molecule has 1 aromatic rings. The van der Waals surface area contributed by atoms with E-state index >= 15 is 0 Å². The van der Waals surface area contributed by atoms with E-state index in [9.17, 15) is 9.90 Å². The van der Waals surface area contributed by atoms with Crippen molar-refractivity contribution in [3.63, 3.8) is 0 Å². The summed E-state index contributed by atoms with van der Waals surface area (Å²) in [6.45, 7) is 4.70. The molecule has 5 nitrogen and oxygen atoms in total. The molecule has 0 aromatic heterocycles. The Kier molecular flexibility index (Phi) is 3.72. The summed E-state index contributed by atoms with van der Waals surface area (Å²) in [4.78, 5) is 15.7. The van der Waals surface area contributed by atoms with E-state index in [1.165, 1.54) is 0 Å². The highest BCUT2D eigenvalue weighted by Crippen LogP contribution is 2.19. The van der Waals surface area contributed by atoms with Crippen molar-refractivity contribution in [2.45, 2.75) is 13.0 Å². The molecule has 2 rings (SSSR count). The molecule has 1 unspecified atom stereocenters. The van der Waals surface area contributed by atoms with Gasteiger partial charge in [0.1, 0.15) is 5.75 Å². The highest BCUT2D eigenvalue weighted by molar-refractivity contribution is 5.81. The van der Waals surface area contributed by atoms with Crippen molar-refractivity contribution in [3.8, 4) is 5.75 Å². The molecule has 0 radical (unpaired) electrons. The molecule has 1 fully saturated rings. The SMILES string of the molecule is CC(N)C(=O)N1CCN(c2ccc(O)cc2)CC1. The Morgan fingerprint density at radius 1 is 1.22 bits per heavy atom. The smallest absolute Gasteiger partial charge is 0.239 e. The number of nitrogens with zero attached hydrogens (tertiary/aromatic N) is 2. The minimum absolute atomic E-state index is 0.0142. The van der Waals surface area contributed by atoms with Crippen LogP contribution in [0, 0.1) is 0 Å². The van der Waals surface area contributed by atoms with Gasteiger partial charge >= 0.3 is 0 Å². The van der Waals surface area contributed by atoms with Crippen molar-refractivity contribution >= 4 is 11.6 Å². The summed E-state index contributed by atoms with van der Waals surface area (Å²) in [6.07, 6.45) is 0. The number of piperazine rings is 1. The Balaban J connectivity index is 1.94. The number of carbonyl (C=O) groups is 1. The van der Waals surface area contributed by atoms with Gasteiger partial charge in [-0.25, -0.2) is 0 Å². The van der Waals surface area contributed by atoms with E-state index in [4.69, 9.17) is 5.73 Å². The first-order chi connectivity index (χ1) is 8.58. The molecular weight excluding hydrogens is 230 g/mol. The van der Waals surface area contributed by atoms with Gasteiger partial charge in [0, 0.05) is 31.9 Å². The van der Waals surface area contributed by atoms with E-state index in [-0.39, 0.29) is 11.7 Å². The van der Waals surface area contributed by atoms with Crippen LogP contribution in [0.1, 0.15) is 6.92 Å². The average molecular weight is 249 g/mol. The van der Waals surface area contributed by atoms with E-state index < -0.39 is 6.04 Å². The Morgan fingerprint density at radius 3 is 2.28 bits per heavy atom. The third kappa shape index (κ3) is 2.73. The van der Waals surface area contributed by atoms with Crippen LogP contribution in [0.4, 0.5) is 5.69 Å². The molecule has 1 atom stereocenters. The summed E-state index contributed by atoms with van der Waals surface area (Å²) in [5.41, 5.74) is 6.67. The molecule has 0 aliphatic carbocycles. The molecular formula is C13H19N3O2. The maximum atomic E-state index is 11.7. The number of hydrogen-bond donors (Lipinski definition) is 2. The van der Waals surface area contributed by atoms with Gasteiger partial charge in [-0.05, 0) is 31.2 Å². The molecule has 1 aliphatic rings. The van der Waals surface area contributed by atoms with Crippen LogP contribution in [0.15, 0.2) is 24.3 Å². The lowest BCUT2D eigenvalue weighted by Crippen LogP contribution is -2.52. The molecule has 0 spiro atoms. The second-order valence-electron chi connectivity index (χ2n) is 4.62. The van der Waals surface area contributed by atoms with Crippen molar-refractivity contribution in [1.29, 1.82) is 0 Å². The number of carbonyl (C=O) groups excluding carboxylic acids is 1. The summed E-state index contributed by atoms with van der Waals surface area (Å²) in [5.74, 6) is 0.282. The minimum atomic E-state index is -0.426. The van der Waals surface area contributed by atoms with E-state index in [0.29, 0.717) is 13.1 Å². The number of amides is 1. The molecule has 1 amide bonds. The van der Waals surface area contributed by atoms with Crippen LogP contribution in [0.3, 0.4) is 0 Å². The summed E-state index contributed by atoms with van der Waals surface area (Å²) in [6, 6.07) is 6.70. The Labute approximate surface area is 107 Å². The number of aromatic hydroxyl groups is 1. The Bertz CT molecular complexity index is 409. The first-order valence-electron chi connectivity index (χ1n) is 6.16. The fourth-order valence-corrected chi connectivity index (χ4v) is 2.14. The predicted molar refractivity (Wildman–Crippen MR) is 70.5 cm³/mol. The monoisotopic (exact) mass is 249 g/mol. The van der Waals surface area contributed by atoms with Gasteiger partial charge in [0.25, 0.3) is 0 Å². The van der Waals surface area contributed by atoms with E-state index in [2.05, 4.69) is 4.90 Å². The van der Waals surface area contributed by atoms with Gasteiger partial charge in [0.15, 0.2) is 0 Å². The van der Waals surface area contributed by atoms with Crippen LogP contribution < -0.4 is 10.6 Å². The van der Waals surface area contributed by atoms with Gasteiger partial charge in [0.2, 0.25) is 5.91 Å². The second-order valence-corrected chi connectivity index (χ2v) is 4.62.